The molecule has 4 heteroatoms. The average Bonchev–Trinajstić information content (AvgIpc) is 3.01. The van der Waals surface area contributed by atoms with Crippen LogP contribution in [-0.4, -0.2) is 9.97 Å². The van der Waals surface area contributed by atoms with Crippen molar-refractivity contribution in [1.82, 2.24) is 9.97 Å². The van der Waals surface area contributed by atoms with Crippen LogP contribution in [0.1, 0.15) is 5.82 Å². The molecule has 2 aromatic heterocycles. The van der Waals surface area contributed by atoms with E-state index in [9.17, 15) is 0 Å². The molecule has 2 heterocycles. The lowest BCUT2D eigenvalue weighted by atomic mass is 10.2. The molecule has 23 heavy (non-hydrogen) atoms. The van der Waals surface area contributed by atoms with Crippen molar-refractivity contribution in [3.8, 4) is 10.4 Å². The first-order valence-corrected chi connectivity index (χ1v) is 8.27. The van der Waals surface area contributed by atoms with Gasteiger partial charge < -0.3 is 5.32 Å². The minimum absolute atomic E-state index is 0.775. The Balaban J connectivity index is 1.83. The van der Waals surface area contributed by atoms with E-state index in [-0.39, 0.29) is 0 Å². The van der Waals surface area contributed by atoms with E-state index in [0.717, 1.165) is 27.5 Å². The number of hydrogen-bond donors (Lipinski definition) is 1. The van der Waals surface area contributed by atoms with E-state index >= 15 is 0 Å². The summed E-state index contributed by atoms with van der Waals surface area (Å²) in [6.45, 7) is 1.93. The molecule has 0 fully saturated rings. The molecule has 0 aliphatic carbocycles. The van der Waals surface area contributed by atoms with Gasteiger partial charge in [0.05, 0.1) is 5.39 Å². The van der Waals surface area contributed by atoms with Gasteiger partial charge in [-0.2, -0.15) is 0 Å². The van der Waals surface area contributed by atoms with Crippen LogP contribution in [0.2, 0.25) is 0 Å². The van der Waals surface area contributed by atoms with E-state index < -0.39 is 0 Å². The Labute approximate surface area is 138 Å². The second-order valence-corrected chi connectivity index (χ2v) is 6.34. The number of nitrogens with one attached hydrogen (secondary N) is 1. The van der Waals surface area contributed by atoms with Crippen molar-refractivity contribution in [2.45, 2.75) is 6.92 Å². The van der Waals surface area contributed by atoms with Crippen LogP contribution in [0.4, 0.5) is 11.5 Å². The highest BCUT2D eigenvalue weighted by molar-refractivity contribution is 7.21. The average molecular weight is 317 g/mol. The lowest BCUT2D eigenvalue weighted by Crippen LogP contribution is -1.97. The Kier molecular flexibility index (Phi) is 3.52. The smallest absolute Gasteiger partial charge is 0.142 e. The zero-order valence-corrected chi connectivity index (χ0v) is 13.5. The Morgan fingerprint density at radius 1 is 0.870 bits per heavy atom. The van der Waals surface area contributed by atoms with E-state index in [1.807, 2.05) is 43.3 Å². The summed E-state index contributed by atoms with van der Waals surface area (Å²) in [6.07, 6.45) is 0. The molecular weight excluding hydrogens is 302 g/mol. The Morgan fingerprint density at radius 2 is 1.57 bits per heavy atom. The van der Waals surface area contributed by atoms with Crippen LogP contribution in [0.3, 0.4) is 0 Å². The maximum absolute atomic E-state index is 4.59. The molecule has 0 amide bonds. The third kappa shape index (κ3) is 2.81. The second kappa shape index (κ2) is 5.82. The van der Waals surface area contributed by atoms with E-state index in [2.05, 4.69) is 45.6 Å². The molecule has 0 aliphatic heterocycles. The van der Waals surface area contributed by atoms with Gasteiger partial charge in [0, 0.05) is 10.6 Å². The van der Waals surface area contributed by atoms with Crippen molar-refractivity contribution in [3.05, 3.63) is 72.6 Å². The van der Waals surface area contributed by atoms with Gasteiger partial charge in [-0.3, -0.25) is 0 Å². The van der Waals surface area contributed by atoms with Crippen LogP contribution >= 0.6 is 11.3 Å². The van der Waals surface area contributed by atoms with Crippen LogP contribution in [0.15, 0.2) is 66.7 Å². The molecule has 112 valence electrons. The molecule has 0 aliphatic rings. The number of hydrogen-bond acceptors (Lipinski definition) is 4. The number of nitrogens with zero attached hydrogens (tertiary/aromatic N) is 2. The number of fused-ring (bicyclic) bond motifs is 1. The molecule has 4 rings (SSSR count). The number of aryl methyl sites for hydroxylation is 1. The van der Waals surface area contributed by atoms with Gasteiger partial charge >= 0.3 is 0 Å². The van der Waals surface area contributed by atoms with Crippen LogP contribution in [0.5, 0.6) is 0 Å². The predicted octanol–water partition coefficient (Wildman–Crippen LogP) is 5.41. The summed E-state index contributed by atoms with van der Waals surface area (Å²) in [5.74, 6) is 1.63. The number of benzene rings is 2. The first kappa shape index (κ1) is 13.9. The first-order chi connectivity index (χ1) is 11.3. The fourth-order valence-corrected chi connectivity index (χ4v) is 3.61. The van der Waals surface area contributed by atoms with Crippen LogP contribution in [-0.2, 0) is 0 Å². The summed E-state index contributed by atoms with van der Waals surface area (Å²) >= 11 is 1.70. The normalized spacial score (nSPS) is 10.8. The number of rotatable bonds is 3. The van der Waals surface area contributed by atoms with Crippen molar-refractivity contribution in [1.29, 1.82) is 0 Å². The zero-order valence-electron chi connectivity index (χ0n) is 12.7. The highest BCUT2D eigenvalue weighted by Crippen LogP contribution is 2.36. The Bertz CT molecular complexity index is 946. The molecule has 1 N–H and O–H groups in total. The fourth-order valence-electron chi connectivity index (χ4n) is 2.53. The molecule has 0 radical (unpaired) electrons. The van der Waals surface area contributed by atoms with Crippen molar-refractivity contribution < 1.29 is 0 Å². The Morgan fingerprint density at radius 3 is 2.30 bits per heavy atom. The zero-order chi connectivity index (χ0) is 15.6. The SMILES string of the molecule is Cc1nc(Nc2ccccc2)c2cc(-c3ccccc3)sc2n1. The summed E-state index contributed by atoms with van der Waals surface area (Å²) in [5.41, 5.74) is 2.23. The standard InChI is InChI=1S/C19H15N3S/c1-13-20-18(22-15-10-6-3-7-11-15)16-12-17(23-19(16)21-13)14-8-4-2-5-9-14/h2-12H,1H3,(H,20,21,22). The lowest BCUT2D eigenvalue weighted by molar-refractivity contribution is 1.10. The van der Waals surface area contributed by atoms with E-state index in [4.69, 9.17) is 0 Å². The summed E-state index contributed by atoms with van der Waals surface area (Å²) in [4.78, 5) is 11.4. The van der Waals surface area contributed by atoms with Gasteiger partial charge in [0.2, 0.25) is 0 Å². The third-order valence-electron chi connectivity index (χ3n) is 3.60. The van der Waals surface area contributed by atoms with Gasteiger partial charge in [0.15, 0.2) is 0 Å². The minimum Gasteiger partial charge on any atom is -0.340 e. The fraction of sp³-hybridized carbons (Fsp3) is 0.0526. The summed E-state index contributed by atoms with van der Waals surface area (Å²) in [6, 6.07) is 22.6. The van der Waals surface area contributed by atoms with Gasteiger partial charge in [-0.1, -0.05) is 48.5 Å². The van der Waals surface area contributed by atoms with Crippen molar-refractivity contribution in [3.63, 3.8) is 0 Å². The van der Waals surface area contributed by atoms with E-state index in [1.165, 1.54) is 10.4 Å². The molecule has 3 nitrogen and oxygen atoms in total. The second-order valence-electron chi connectivity index (χ2n) is 5.31. The quantitative estimate of drug-likeness (QED) is 0.549. The molecule has 0 unspecified atom stereocenters. The third-order valence-corrected chi connectivity index (χ3v) is 4.68. The number of para-hydroxylation sites is 1. The monoisotopic (exact) mass is 317 g/mol. The molecule has 0 atom stereocenters. The minimum atomic E-state index is 0.775. The van der Waals surface area contributed by atoms with Gasteiger partial charge in [-0.15, -0.1) is 11.3 Å². The van der Waals surface area contributed by atoms with Crippen LogP contribution in [0.25, 0.3) is 20.7 Å². The Hall–Kier alpha value is -2.72. The first-order valence-electron chi connectivity index (χ1n) is 7.45. The van der Waals surface area contributed by atoms with Gasteiger partial charge in [-0.05, 0) is 30.7 Å². The van der Waals surface area contributed by atoms with Gasteiger partial charge in [-0.25, -0.2) is 9.97 Å². The summed E-state index contributed by atoms with van der Waals surface area (Å²) in [7, 11) is 0. The van der Waals surface area contributed by atoms with Gasteiger partial charge in [0.25, 0.3) is 0 Å². The van der Waals surface area contributed by atoms with Crippen molar-refractivity contribution >= 4 is 33.1 Å². The highest BCUT2D eigenvalue weighted by atomic mass is 32.1. The largest absolute Gasteiger partial charge is 0.340 e. The highest BCUT2D eigenvalue weighted by Gasteiger charge is 2.11. The topological polar surface area (TPSA) is 37.8 Å². The molecule has 0 spiro atoms. The van der Waals surface area contributed by atoms with Gasteiger partial charge in [0.1, 0.15) is 16.5 Å². The van der Waals surface area contributed by atoms with Crippen molar-refractivity contribution in [2.24, 2.45) is 0 Å². The molecule has 4 aromatic rings. The molecular formula is C19H15N3S. The van der Waals surface area contributed by atoms with Crippen LogP contribution < -0.4 is 5.32 Å². The lowest BCUT2D eigenvalue weighted by Gasteiger charge is -2.07. The maximum Gasteiger partial charge on any atom is 0.142 e. The number of thiophene rings is 1. The summed E-state index contributed by atoms with van der Waals surface area (Å²) < 4.78 is 0. The predicted molar refractivity (Wildman–Crippen MR) is 97.3 cm³/mol. The molecule has 0 saturated heterocycles. The van der Waals surface area contributed by atoms with E-state index in [1.54, 1.807) is 11.3 Å². The van der Waals surface area contributed by atoms with E-state index in [0.29, 0.717) is 0 Å². The van der Waals surface area contributed by atoms with Crippen molar-refractivity contribution in [2.75, 3.05) is 5.32 Å². The molecule has 0 bridgehead atoms. The molecule has 2 aromatic carbocycles. The maximum atomic E-state index is 4.59. The number of aromatic nitrogens is 2. The number of anilines is 2. The molecule has 0 saturated carbocycles. The summed E-state index contributed by atoms with van der Waals surface area (Å²) in [5, 5.41) is 4.47. The van der Waals surface area contributed by atoms with Crippen LogP contribution in [0, 0.1) is 6.92 Å².